The van der Waals surface area contributed by atoms with Crippen molar-refractivity contribution < 1.29 is 0 Å². The molecule has 2 heteroatoms. The van der Waals surface area contributed by atoms with Crippen LogP contribution >= 0.6 is 11.8 Å². The summed E-state index contributed by atoms with van der Waals surface area (Å²) in [5.74, 6) is 0. The molecule has 0 saturated carbocycles. The second-order valence-electron chi connectivity index (χ2n) is 6.85. The number of hydrogen-bond donors (Lipinski definition) is 0. The van der Waals surface area contributed by atoms with Crippen LogP contribution in [0.5, 0.6) is 0 Å². The Morgan fingerprint density at radius 2 is 1.65 bits per heavy atom. The fraction of sp³-hybridized carbons (Fsp3) is 0.429. The van der Waals surface area contributed by atoms with Gasteiger partial charge in [0, 0.05) is 10.9 Å². The quantitative estimate of drug-likeness (QED) is 0.729. The van der Waals surface area contributed by atoms with E-state index in [4.69, 9.17) is 0 Å². The van der Waals surface area contributed by atoms with Crippen molar-refractivity contribution >= 4 is 11.8 Å². The van der Waals surface area contributed by atoms with E-state index >= 15 is 0 Å². The summed E-state index contributed by atoms with van der Waals surface area (Å²) in [4.78, 5) is 4.05. The number of likely N-dealkylation sites (tertiary alicyclic amines) is 1. The van der Waals surface area contributed by atoms with Gasteiger partial charge in [-0.25, -0.2) is 0 Å². The molecule has 1 aliphatic heterocycles. The summed E-state index contributed by atoms with van der Waals surface area (Å²) in [6.45, 7) is 2.64. The van der Waals surface area contributed by atoms with Crippen LogP contribution in [0.15, 0.2) is 47.4 Å². The second kappa shape index (κ2) is 6.70. The molecule has 2 aromatic rings. The molecule has 0 radical (unpaired) electrons. The molecule has 1 unspecified atom stereocenters. The number of hydrogen-bond acceptors (Lipinski definition) is 2. The summed E-state index contributed by atoms with van der Waals surface area (Å²) in [6, 6.07) is 16.9. The molecule has 120 valence electrons. The number of rotatable bonds is 3. The molecule has 1 aliphatic carbocycles. The number of nitrogens with zero attached hydrogens (tertiary/aromatic N) is 1. The molecule has 0 amide bonds. The SMILES string of the molecule is CSc1ccc(-c2ccc3c(c2)CCC(N2CCCC2)C3)cc1. The van der Waals surface area contributed by atoms with Gasteiger partial charge in [-0.05, 0) is 85.8 Å². The van der Waals surface area contributed by atoms with Crippen molar-refractivity contribution in [2.75, 3.05) is 19.3 Å². The summed E-state index contributed by atoms with van der Waals surface area (Å²) >= 11 is 1.80. The van der Waals surface area contributed by atoms with Gasteiger partial charge in [-0.3, -0.25) is 0 Å². The first kappa shape index (κ1) is 15.3. The van der Waals surface area contributed by atoms with Crippen molar-refractivity contribution in [1.29, 1.82) is 0 Å². The van der Waals surface area contributed by atoms with E-state index in [9.17, 15) is 0 Å². The van der Waals surface area contributed by atoms with Crippen molar-refractivity contribution in [3.05, 3.63) is 53.6 Å². The predicted octanol–water partition coefficient (Wildman–Crippen LogP) is 5.03. The molecule has 2 aliphatic rings. The van der Waals surface area contributed by atoms with Gasteiger partial charge in [-0.15, -0.1) is 11.8 Å². The number of fused-ring (bicyclic) bond motifs is 1. The molecule has 2 aromatic carbocycles. The lowest BCUT2D eigenvalue weighted by molar-refractivity contribution is 0.222. The number of thioether (sulfide) groups is 1. The molecular weight excluding hydrogens is 298 g/mol. The average molecular weight is 324 g/mol. The Kier molecular flexibility index (Phi) is 4.46. The minimum Gasteiger partial charge on any atom is -0.300 e. The predicted molar refractivity (Wildman–Crippen MR) is 100 cm³/mol. The molecule has 4 rings (SSSR count). The normalized spacial score (nSPS) is 21.3. The van der Waals surface area contributed by atoms with Crippen LogP contribution < -0.4 is 0 Å². The summed E-state index contributed by atoms with van der Waals surface area (Å²) in [5, 5.41) is 0. The van der Waals surface area contributed by atoms with Gasteiger partial charge >= 0.3 is 0 Å². The van der Waals surface area contributed by atoms with Crippen molar-refractivity contribution in [1.82, 2.24) is 4.90 Å². The Morgan fingerprint density at radius 1 is 0.913 bits per heavy atom. The molecule has 1 atom stereocenters. The van der Waals surface area contributed by atoms with Crippen LogP contribution in [0.25, 0.3) is 11.1 Å². The third kappa shape index (κ3) is 3.20. The molecule has 1 fully saturated rings. The van der Waals surface area contributed by atoms with Crippen molar-refractivity contribution in [3.63, 3.8) is 0 Å². The van der Waals surface area contributed by atoms with E-state index < -0.39 is 0 Å². The standard InChI is InChI=1S/C21H25NS/c1-23-21-10-7-16(8-11-21)17-4-5-19-15-20(9-6-18(19)14-17)22-12-2-3-13-22/h4-5,7-8,10-11,14,20H,2-3,6,9,12-13,15H2,1H3. The van der Waals surface area contributed by atoms with E-state index in [1.807, 2.05) is 0 Å². The zero-order valence-electron chi connectivity index (χ0n) is 13.9. The van der Waals surface area contributed by atoms with E-state index in [1.54, 1.807) is 22.9 Å². The smallest absolute Gasteiger partial charge is 0.0139 e. The highest BCUT2D eigenvalue weighted by molar-refractivity contribution is 7.98. The first-order chi connectivity index (χ1) is 11.3. The summed E-state index contributed by atoms with van der Waals surface area (Å²) < 4.78 is 0. The monoisotopic (exact) mass is 323 g/mol. The molecule has 0 aromatic heterocycles. The minimum atomic E-state index is 0.789. The van der Waals surface area contributed by atoms with Crippen LogP contribution in [0.2, 0.25) is 0 Å². The van der Waals surface area contributed by atoms with Gasteiger partial charge in [0.25, 0.3) is 0 Å². The lowest BCUT2D eigenvalue weighted by Crippen LogP contribution is -2.37. The Morgan fingerprint density at radius 3 is 2.39 bits per heavy atom. The molecule has 0 N–H and O–H groups in total. The van der Waals surface area contributed by atoms with Gasteiger partial charge in [0.1, 0.15) is 0 Å². The summed E-state index contributed by atoms with van der Waals surface area (Å²) in [6.07, 6.45) is 8.75. The fourth-order valence-electron chi connectivity index (χ4n) is 4.12. The fourth-order valence-corrected chi connectivity index (χ4v) is 4.53. The lowest BCUT2D eigenvalue weighted by atomic mass is 9.85. The number of aryl methyl sites for hydroxylation is 1. The van der Waals surface area contributed by atoms with Gasteiger partial charge in [0.15, 0.2) is 0 Å². The van der Waals surface area contributed by atoms with Crippen LogP contribution in [0.4, 0.5) is 0 Å². The Balaban J connectivity index is 1.54. The maximum atomic E-state index is 2.72. The first-order valence-corrected chi connectivity index (χ1v) is 10.1. The molecule has 0 spiro atoms. The topological polar surface area (TPSA) is 3.24 Å². The Hall–Kier alpha value is -1.25. The molecular formula is C21H25NS. The Labute approximate surface area is 144 Å². The van der Waals surface area contributed by atoms with Crippen LogP contribution in [0, 0.1) is 0 Å². The molecule has 23 heavy (non-hydrogen) atoms. The van der Waals surface area contributed by atoms with Gasteiger partial charge in [-0.1, -0.05) is 30.3 Å². The second-order valence-corrected chi connectivity index (χ2v) is 7.73. The van der Waals surface area contributed by atoms with Gasteiger partial charge < -0.3 is 4.90 Å². The van der Waals surface area contributed by atoms with Crippen molar-refractivity contribution in [2.45, 2.75) is 43.0 Å². The minimum absolute atomic E-state index is 0.789. The van der Waals surface area contributed by atoms with E-state index in [1.165, 1.54) is 61.2 Å². The molecule has 1 nitrogen and oxygen atoms in total. The molecule has 0 bridgehead atoms. The summed E-state index contributed by atoms with van der Waals surface area (Å²) in [5.41, 5.74) is 5.87. The van der Waals surface area contributed by atoms with E-state index in [0.717, 1.165) is 6.04 Å². The van der Waals surface area contributed by atoms with Gasteiger partial charge in [-0.2, -0.15) is 0 Å². The van der Waals surface area contributed by atoms with Crippen LogP contribution in [0.1, 0.15) is 30.4 Å². The largest absolute Gasteiger partial charge is 0.300 e. The zero-order valence-corrected chi connectivity index (χ0v) is 14.7. The summed E-state index contributed by atoms with van der Waals surface area (Å²) in [7, 11) is 0. The van der Waals surface area contributed by atoms with Crippen LogP contribution in [-0.4, -0.2) is 30.3 Å². The molecule has 1 saturated heterocycles. The van der Waals surface area contributed by atoms with Crippen LogP contribution in [-0.2, 0) is 12.8 Å². The average Bonchev–Trinajstić information content (AvgIpc) is 3.15. The third-order valence-corrected chi connectivity index (χ3v) is 6.23. The van der Waals surface area contributed by atoms with Gasteiger partial charge in [0.2, 0.25) is 0 Å². The lowest BCUT2D eigenvalue weighted by Gasteiger charge is -2.32. The maximum Gasteiger partial charge on any atom is 0.0139 e. The number of benzene rings is 2. The maximum absolute atomic E-state index is 2.72. The zero-order chi connectivity index (χ0) is 15.6. The van der Waals surface area contributed by atoms with E-state index in [-0.39, 0.29) is 0 Å². The van der Waals surface area contributed by atoms with Gasteiger partial charge in [0.05, 0.1) is 0 Å². The van der Waals surface area contributed by atoms with E-state index in [0.29, 0.717) is 0 Å². The highest BCUT2D eigenvalue weighted by Crippen LogP contribution is 2.31. The third-order valence-electron chi connectivity index (χ3n) is 5.49. The first-order valence-electron chi connectivity index (χ1n) is 8.84. The van der Waals surface area contributed by atoms with Crippen LogP contribution in [0.3, 0.4) is 0 Å². The molecule has 1 heterocycles. The highest BCUT2D eigenvalue weighted by Gasteiger charge is 2.26. The van der Waals surface area contributed by atoms with Crippen molar-refractivity contribution in [2.24, 2.45) is 0 Å². The highest BCUT2D eigenvalue weighted by atomic mass is 32.2. The van der Waals surface area contributed by atoms with E-state index in [2.05, 4.69) is 53.6 Å². The van der Waals surface area contributed by atoms with Crippen molar-refractivity contribution in [3.8, 4) is 11.1 Å². The Bertz CT molecular complexity index is 671.